The molecule has 3 heteroatoms. The van der Waals surface area contributed by atoms with Crippen LogP contribution in [0.5, 0.6) is 0 Å². The van der Waals surface area contributed by atoms with E-state index in [0.29, 0.717) is 0 Å². The molecule has 1 fully saturated rings. The first kappa shape index (κ1) is 12.0. The Labute approximate surface area is 95.0 Å². The lowest BCUT2D eigenvalue weighted by Gasteiger charge is -2.35. The van der Waals surface area contributed by atoms with E-state index in [1.165, 1.54) is 19.3 Å². The van der Waals surface area contributed by atoms with Gasteiger partial charge in [-0.3, -0.25) is 4.79 Å². The van der Waals surface area contributed by atoms with E-state index in [0.717, 1.165) is 19.3 Å². The molecule has 1 aliphatic carbocycles. The fourth-order valence-corrected chi connectivity index (χ4v) is 2.13. The van der Waals surface area contributed by atoms with Gasteiger partial charge in [-0.25, -0.2) is 0 Å². The molecule has 0 radical (unpaired) electrons. The quantitative estimate of drug-likeness (QED) is 0.778. The van der Waals surface area contributed by atoms with Crippen LogP contribution in [0.3, 0.4) is 0 Å². The summed E-state index contributed by atoms with van der Waals surface area (Å²) in [5.41, 5.74) is 0.0521. The first-order valence-electron chi connectivity index (χ1n) is 5.53. The fraction of sp³-hybridized carbons (Fsp3) is 0.909. The van der Waals surface area contributed by atoms with Gasteiger partial charge in [0.1, 0.15) is 0 Å². The average molecular weight is 262 g/mol. The predicted octanol–water partition coefficient (Wildman–Crippen LogP) is 3.00. The molecule has 1 atom stereocenters. The van der Waals surface area contributed by atoms with E-state index in [2.05, 4.69) is 28.2 Å². The van der Waals surface area contributed by atoms with Crippen LogP contribution < -0.4 is 5.32 Å². The Bertz CT molecular complexity index is 199. The van der Waals surface area contributed by atoms with Gasteiger partial charge in [0.15, 0.2) is 0 Å². The number of carbonyl (C=O) groups is 1. The van der Waals surface area contributed by atoms with E-state index in [-0.39, 0.29) is 16.3 Å². The average Bonchev–Trinajstić information content (AvgIpc) is 2.17. The molecule has 0 saturated heterocycles. The summed E-state index contributed by atoms with van der Waals surface area (Å²) in [6.45, 7) is 4.18. The molecule has 1 aliphatic rings. The number of halogens is 1. The van der Waals surface area contributed by atoms with Gasteiger partial charge in [0.05, 0.1) is 4.83 Å². The number of rotatable bonds is 3. The highest BCUT2D eigenvalue weighted by atomic mass is 79.9. The predicted molar refractivity (Wildman–Crippen MR) is 62.6 cm³/mol. The van der Waals surface area contributed by atoms with Gasteiger partial charge in [0, 0.05) is 5.54 Å². The number of amides is 1. The van der Waals surface area contributed by atoms with E-state index < -0.39 is 0 Å². The molecule has 0 bridgehead atoms. The van der Waals surface area contributed by atoms with E-state index in [9.17, 15) is 4.79 Å². The highest BCUT2D eigenvalue weighted by Gasteiger charge is 2.29. The topological polar surface area (TPSA) is 29.1 Å². The molecule has 1 unspecified atom stereocenters. The van der Waals surface area contributed by atoms with Gasteiger partial charge >= 0.3 is 0 Å². The second-order valence-corrected chi connectivity index (χ2v) is 5.59. The third kappa shape index (κ3) is 3.26. The van der Waals surface area contributed by atoms with Crippen molar-refractivity contribution in [1.29, 1.82) is 0 Å². The zero-order chi connectivity index (χ0) is 10.6. The Hall–Kier alpha value is -0.0500. The molecule has 0 heterocycles. The Kier molecular flexibility index (Phi) is 4.42. The van der Waals surface area contributed by atoms with Crippen molar-refractivity contribution in [1.82, 2.24) is 5.32 Å². The molecule has 0 aromatic carbocycles. The van der Waals surface area contributed by atoms with Crippen LogP contribution in [0.1, 0.15) is 52.4 Å². The Morgan fingerprint density at radius 3 is 2.50 bits per heavy atom. The van der Waals surface area contributed by atoms with Crippen LogP contribution in [0.4, 0.5) is 0 Å². The van der Waals surface area contributed by atoms with Gasteiger partial charge in [-0.2, -0.15) is 0 Å². The minimum atomic E-state index is -0.0266. The zero-order valence-corrected chi connectivity index (χ0v) is 10.7. The monoisotopic (exact) mass is 261 g/mol. The molecular weight excluding hydrogens is 242 g/mol. The lowest BCUT2D eigenvalue weighted by molar-refractivity contribution is -0.122. The molecule has 14 heavy (non-hydrogen) atoms. The number of hydrogen-bond donors (Lipinski definition) is 1. The summed E-state index contributed by atoms with van der Waals surface area (Å²) >= 11 is 3.38. The molecule has 0 aromatic rings. The lowest BCUT2D eigenvalue weighted by atomic mass is 9.83. The van der Waals surface area contributed by atoms with Crippen molar-refractivity contribution in [3.05, 3.63) is 0 Å². The van der Waals surface area contributed by atoms with Crippen LogP contribution in [0, 0.1) is 0 Å². The van der Waals surface area contributed by atoms with Gasteiger partial charge in [-0.05, 0) is 26.2 Å². The number of carbonyl (C=O) groups excluding carboxylic acids is 1. The van der Waals surface area contributed by atoms with Crippen LogP contribution in [-0.4, -0.2) is 16.3 Å². The van der Waals surface area contributed by atoms with Crippen molar-refractivity contribution in [2.45, 2.75) is 62.7 Å². The highest BCUT2D eigenvalue weighted by Crippen LogP contribution is 2.27. The molecular formula is C11H20BrNO. The molecule has 0 aliphatic heterocycles. The maximum absolute atomic E-state index is 11.7. The van der Waals surface area contributed by atoms with Crippen LogP contribution in [0.2, 0.25) is 0 Å². The number of hydrogen-bond acceptors (Lipinski definition) is 1. The molecule has 82 valence electrons. The van der Waals surface area contributed by atoms with Crippen LogP contribution in [0.15, 0.2) is 0 Å². The third-order valence-electron chi connectivity index (χ3n) is 3.03. The largest absolute Gasteiger partial charge is 0.350 e. The maximum atomic E-state index is 11.7. The second kappa shape index (κ2) is 5.15. The molecule has 0 spiro atoms. The van der Waals surface area contributed by atoms with Crippen LogP contribution >= 0.6 is 15.9 Å². The van der Waals surface area contributed by atoms with E-state index in [1.54, 1.807) is 0 Å². The van der Waals surface area contributed by atoms with Crippen molar-refractivity contribution >= 4 is 21.8 Å². The Morgan fingerprint density at radius 1 is 1.43 bits per heavy atom. The first-order valence-corrected chi connectivity index (χ1v) is 6.45. The standard InChI is InChI=1S/C11H20BrNO/c1-3-9(12)10(14)13-11(2)7-5-4-6-8-11/h9H,3-8H2,1-2H3,(H,13,14). The van der Waals surface area contributed by atoms with Gasteiger partial charge in [0.25, 0.3) is 0 Å². The fourth-order valence-electron chi connectivity index (χ4n) is 2.02. The number of nitrogens with one attached hydrogen (secondary N) is 1. The first-order chi connectivity index (χ1) is 6.57. The smallest absolute Gasteiger partial charge is 0.234 e. The summed E-state index contributed by atoms with van der Waals surface area (Å²) in [7, 11) is 0. The third-order valence-corrected chi connectivity index (χ3v) is 4.09. The van der Waals surface area contributed by atoms with Crippen molar-refractivity contribution in [3.63, 3.8) is 0 Å². The maximum Gasteiger partial charge on any atom is 0.234 e. The molecule has 1 rings (SSSR count). The Morgan fingerprint density at radius 2 is 2.00 bits per heavy atom. The van der Waals surface area contributed by atoms with Gasteiger partial charge in [0.2, 0.25) is 5.91 Å². The van der Waals surface area contributed by atoms with Crippen LogP contribution in [0.25, 0.3) is 0 Å². The SMILES string of the molecule is CCC(Br)C(=O)NC1(C)CCCCC1. The summed E-state index contributed by atoms with van der Waals surface area (Å²) in [6, 6.07) is 0. The minimum absolute atomic E-state index is 0.0266. The summed E-state index contributed by atoms with van der Waals surface area (Å²) in [6.07, 6.45) is 6.91. The van der Waals surface area contributed by atoms with E-state index in [1.807, 2.05) is 6.92 Å². The van der Waals surface area contributed by atoms with Crippen LogP contribution in [-0.2, 0) is 4.79 Å². The lowest BCUT2D eigenvalue weighted by Crippen LogP contribution is -2.49. The van der Waals surface area contributed by atoms with E-state index in [4.69, 9.17) is 0 Å². The molecule has 1 N–H and O–H groups in total. The summed E-state index contributed by atoms with van der Waals surface area (Å²) in [5.74, 6) is 0.150. The van der Waals surface area contributed by atoms with Gasteiger partial charge in [-0.15, -0.1) is 0 Å². The summed E-state index contributed by atoms with van der Waals surface area (Å²) in [4.78, 5) is 11.7. The van der Waals surface area contributed by atoms with Crippen molar-refractivity contribution in [2.75, 3.05) is 0 Å². The molecule has 2 nitrogen and oxygen atoms in total. The molecule has 0 aromatic heterocycles. The Balaban J connectivity index is 2.44. The van der Waals surface area contributed by atoms with Gasteiger partial charge in [-0.1, -0.05) is 42.1 Å². The second-order valence-electron chi connectivity index (χ2n) is 4.49. The van der Waals surface area contributed by atoms with Crippen molar-refractivity contribution in [3.8, 4) is 0 Å². The molecule has 1 saturated carbocycles. The number of alkyl halides is 1. The summed E-state index contributed by atoms with van der Waals surface area (Å²) in [5, 5.41) is 3.16. The van der Waals surface area contributed by atoms with Crippen molar-refractivity contribution in [2.24, 2.45) is 0 Å². The normalized spacial score (nSPS) is 22.8. The van der Waals surface area contributed by atoms with E-state index >= 15 is 0 Å². The van der Waals surface area contributed by atoms with Crippen molar-refractivity contribution < 1.29 is 4.79 Å². The summed E-state index contributed by atoms with van der Waals surface area (Å²) < 4.78 is 0. The van der Waals surface area contributed by atoms with Gasteiger partial charge < -0.3 is 5.32 Å². The minimum Gasteiger partial charge on any atom is -0.350 e. The highest BCUT2D eigenvalue weighted by molar-refractivity contribution is 9.10. The zero-order valence-electron chi connectivity index (χ0n) is 9.11. The molecule has 1 amide bonds.